The van der Waals surface area contributed by atoms with E-state index in [1.165, 1.54) is 16.7 Å². The molecule has 0 saturated carbocycles. The van der Waals surface area contributed by atoms with E-state index >= 15 is 0 Å². The topological polar surface area (TPSA) is 49.0 Å². The first kappa shape index (κ1) is 16.2. The maximum atomic E-state index is 12.4. The molecule has 0 amide bonds. The minimum atomic E-state index is 0.0135. The van der Waals surface area contributed by atoms with Gasteiger partial charge in [0.25, 0.3) is 5.56 Å². The fraction of sp³-hybridized carbons (Fsp3) is 0.300. The Morgan fingerprint density at radius 3 is 2.92 bits per heavy atom. The molecule has 0 atom stereocenters. The van der Waals surface area contributed by atoms with Crippen LogP contribution in [0.2, 0.25) is 0 Å². The summed E-state index contributed by atoms with van der Waals surface area (Å²) in [4.78, 5) is 23.5. The van der Waals surface area contributed by atoms with E-state index in [0.29, 0.717) is 5.82 Å². The third kappa shape index (κ3) is 3.30. The van der Waals surface area contributed by atoms with Gasteiger partial charge in [-0.3, -0.25) is 9.69 Å². The molecule has 0 saturated heterocycles. The van der Waals surface area contributed by atoms with Crippen LogP contribution in [0.1, 0.15) is 27.9 Å². The van der Waals surface area contributed by atoms with Crippen molar-refractivity contribution in [2.45, 2.75) is 33.4 Å². The van der Waals surface area contributed by atoms with Gasteiger partial charge in [-0.1, -0.05) is 29.8 Å². The Hall–Kier alpha value is -2.24. The zero-order valence-corrected chi connectivity index (χ0v) is 15.3. The van der Waals surface area contributed by atoms with Gasteiger partial charge in [0.05, 0.1) is 10.6 Å². The number of rotatable bonds is 3. The molecule has 0 unspecified atom stereocenters. The summed E-state index contributed by atoms with van der Waals surface area (Å²) in [6.45, 7) is 6.80. The molecule has 0 fully saturated rings. The number of nitrogens with one attached hydrogen (secondary N) is 1. The number of H-pyrrole nitrogens is 1. The molecule has 5 heteroatoms. The molecule has 0 radical (unpaired) electrons. The third-order valence-electron chi connectivity index (χ3n) is 4.80. The van der Waals surface area contributed by atoms with Crippen molar-refractivity contribution in [3.05, 3.63) is 74.0 Å². The van der Waals surface area contributed by atoms with Crippen molar-refractivity contribution in [2.75, 3.05) is 6.54 Å². The number of benzene rings is 1. The monoisotopic (exact) mass is 351 g/mol. The van der Waals surface area contributed by atoms with Crippen LogP contribution in [0.15, 0.2) is 40.5 Å². The molecule has 128 valence electrons. The first-order chi connectivity index (χ1) is 12.1. The van der Waals surface area contributed by atoms with Crippen molar-refractivity contribution in [3.63, 3.8) is 0 Å². The molecule has 1 aliphatic rings. The molecule has 1 aliphatic heterocycles. The number of aryl methyl sites for hydroxylation is 2. The molecular weight excluding hydrogens is 330 g/mol. The van der Waals surface area contributed by atoms with Gasteiger partial charge in [-0.2, -0.15) is 0 Å². The minimum absolute atomic E-state index is 0.0135. The maximum absolute atomic E-state index is 12.4. The smallest absolute Gasteiger partial charge is 0.254 e. The SMILES string of the molecule is Cc1ccc(CN2CCc3c(nc(-c4cccs4)[nH]c3=O)C2)c(C)c1. The van der Waals surface area contributed by atoms with Crippen molar-refractivity contribution in [1.82, 2.24) is 14.9 Å². The first-order valence-electron chi connectivity index (χ1n) is 8.54. The molecule has 4 nitrogen and oxygen atoms in total. The zero-order valence-electron chi connectivity index (χ0n) is 14.5. The molecule has 3 heterocycles. The first-order valence-corrected chi connectivity index (χ1v) is 9.42. The molecule has 4 rings (SSSR count). The van der Waals surface area contributed by atoms with Crippen LogP contribution in [-0.4, -0.2) is 21.4 Å². The number of fused-ring (bicyclic) bond motifs is 1. The molecule has 0 bridgehead atoms. The lowest BCUT2D eigenvalue weighted by Crippen LogP contribution is -2.35. The summed E-state index contributed by atoms with van der Waals surface area (Å²) in [6, 6.07) is 10.6. The largest absolute Gasteiger partial charge is 0.306 e. The normalized spacial score (nSPS) is 14.5. The van der Waals surface area contributed by atoms with Crippen LogP contribution in [0.4, 0.5) is 0 Å². The summed E-state index contributed by atoms with van der Waals surface area (Å²) in [6.07, 6.45) is 0.757. The quantitative estimate of drug-likeness (QED) is 0.783. The van der Waals surface area contributed by atoms with Crippen LogP contribution >= 0.6 is 11.3 Å². The molecule has 25 heavy (non-hydrogen) atoms. The van der Waals surface area contributed by atoms with Gasteiger partial charge in [0.1, 0.15) is 0 Å². The summed E-state index contributed by atoms with van der Waals surface area (Å²) in [5.41, 5.74) is 5.74. The van der Waals surface area contributed by atoms with Crippen LogP contribution in [0, 0.1) is 13.8 Å². The highest BCUT2D eigenvalue weighted by Gasteiger charge is 2.22. The van der Waals surface area contributed by atoms with Gasteiger partial charge in [0.15, 0.2) is 5.82 Å². The summed E-state index contributed by atoms with van der Waals surface area (Å²) in [7, 11) is 0. The predicted molar refractivity (Wildman–Crippen MR) is 102 cm³/mol. The van der Waals surface area contributed by atoms with Crippen LogP contribution in [0.5, 0.6) is 0 Å². The van der Waals surface area contributed by atoms with E-state index in [1.807, 2.05) is 17.5 Å². The standard InChI is InChI=1S/C20H21N3OS/c1-13-5-6-15(14(2)10-13)11-23-8-7-16-17(12-23)21-19(22-20(16)24)18-4-3-9-25-18/h3-6,9-10H,7-8,11-12H2,1-2H3,(H,21,22,24). The minimum Gasteiger partial charge on any atom is -0.306 e. The molecule has 1 N–H and O–H groups in total. The van der Waals surface area contributed by atoms with Crippen molar-refractivity contribution in [1.29, 1.82) is 0 Å². The molecule has 0 spiro atoms. The number of aromatic nitrogens is 2. The summed E-state index contributed by atoms with van der Waals surface area (Å²) in [5, 5.41) is 2.00. The fourth-order valence-electron chi connectivity index (χ4n) is 3.42. The van der Waals surface area contributed by atoms with E-state index in [-0.39, 0.29) is 5.56 Å². The van der Waals surface area contributed by atoms with Gasteiger partial charge in [0, 0.05) is 25.2 Å². The zero-order chi connectivity index (χ0) is 17.4. The van der Waals surface area contributed by atoms with E-state index < -0.39 is 0 Å². The Bertz CT molecular complexity index is 960. The lowest BCUT2D eigenvalue weighted by Gasteiger charge is -2.28. The van der Waals surface area contributed by atoms with Crippen molar-refractivity contribution >= 4 is 11.3 Å². The van der Waals surface area contributed by atoms with E-state index in [0.717, 1.165) is 42.2 Å². The average molecular weight is 351 g/mol. The Kier molecular flexibility index (Phi) is 4.27. The lowest BCUT2D eigenvalue weighted by molar-refractivity contribution is 0.240. The number of thiophene rings is 1. The second-order valence-electron chi connectivity index (χ2n) is 6.71. The molecule has 0 aliphatic carbocycles. The highest BCUT2D eigenvalue weighted by atomic mass is 32.1. The van der Waals surface area contributed by atoms with E-state index in [9.17, 15) is 4.79 Å². The van der Waals surface area contributed by atoms with Gasteiger partial charge in [-0.05, 0) is 42.8 Å². The van der Waals surface area contributed by atoms with Crippen molar-refractivity contribution in [3.8, 4) is 10.7 Å². The maximum Gasteiger partial charge on any atom is 0.254 e. The van der Waals surface area contributed by atoms with Crippen LogP contribution in [0.3, 0.4) is 0 Å². The average Bonchev–Trinajstić information content (AvgIpc) is 3.12. The molecule has 2 aromatic heterocycles. The number of nitrogens with zero attached hydrogens (tertiary/aromatic N) is 2. The number of hydrogen-bond donors (Lipinski definition) is 1. The highest BCUT2D eigenvalue weighted by Crippen LogP contribution is 2.23. The second kappa shape index (κ2) is 6.58. The lowest BCUT2D eigenvalue weighted by atomic mass is 10.0. The van der Waals surface area contributed by atoms with Gasteiger partial charge >= 0.3 is 0 Å². The van der Waals surface area contributed by atoms with Gasteiger partial charge < -0.3 is 4.98 Å². The Balaban J connectivity index is 1.61. The summed E-state index contributed by atoms with van der Waals surface area (Å²) >= 11 is 1.60. The van der Waals surface area contributed by atoms with Gasteiger partial charge in [-0.25, -0.2) is 4.98 Å². The fourth-order valence-corrected chi connectivity index (χ4v) is 4.09. The highest BCUT2D eigenvalue weighted by molar-refractivity contribution is 7.13. The predicted octanol–water partition coefficient (Wildman–Crippen LogP) is 3.67. The van der Waals surface area contributed by atoms with Crippen molar-refractivity contribution < 1.29 is 0 Å². The van der Waals surface area contributed by atoms with Crippen LogP contribution in [0.25, 0.3) is 10.7 Å². The van der Waals surface area contributed by atoms with E-state index in [4.69, 9.17) is 4.98 Å². The summed E-state index contributed by atoms with van der Waals surface area (Å²) < 4.78 is 0. The Labute approximate surface area is 151 Å². The Morgan fingerprint density at radius 1 is 1.28 bits per heavy atom. The Morgan fingerprint density at radius 2 is 2.16 bits per heavy atom. The van der Waals surface area contributed by atoms with Crippen molar-refractivity contribution in [2.24, 2.45) is 0 Å². The number of aromatic amines is 1. The number of hydrogen-bond acceptors (Lipinski definition) is 4. The van der Waals surface area contributed by atoms with Crippen LogP contribution < -0.4 is 5.56 Å². The summed E-state index contributed by atoms with van der Waals surface area (Å²) in [5.74, 6) is 0.687. The van der Waals surface area contributed by atoms with Gasteiger partial charge in [-0.15, -0.1) is 11.3 Å². The van der Waals surface area contributed by atoms with E-state index in [2.05, 4.69) is 41.9 Å². The van der Waals surface area contributed by atoms with Gasteiger partial charge in [0.2, 0.25) is 0 Å². The molecule has 3 aromatic rings. The van der Waals surface area contributed by atoms with E-state index in [1.54, 1.807) is 11.3 Å². The second-order valence-corrected chi connectivity index (χ2v) is 7.66. The molecular formula is C20H21N3OS. The third-order valence-corrected chi connectivity index (χ3v) is 5.68. The molecule has 1 aromatic carbocycles. The van der Waals surface area contributed by atoms with Crippen LogP contribution in [-0.2, 0) is 19.5 Å².